The van der Waals surface area contributed by atoms with Crippen LogP contribution in [0.15, 0.2) is 42.5 Å². The standard InChI is InChI=1S/C19H18F2N4O/c1-12-3-2-4-13(5-12)8-17-23-18(25-24-17)10-19(26)22-11-14-6-15(20)9-16(21)7-14/h2-7,9H,8,10-11H2,1H3,(H,22,26)(H,23,24,25). The number of hydrogen-bond donors (Lipinski definition) is 2. The summed E-state index contributed by atoms with van der Waals surface area (Å²) in [5.74, 6) is -0.634. The molecule has 0 radical (unpaired) electrons. The lowest BCUT2D eigenvalue weighted by Gasteiger charge is -2.04. The first kappa shape index (κ1) is 17.7. The SMILES string of the molecule is Cc1cccc(Cc2nc(CC(=O)NCc3cc(F)cc(F)c3)n[nH]2)c1. The fraction of sp³-hybridized carbons (Fsp3) is 0.211. The first-order chi connectivity index (χ1) is 12.5. The van der Waals surface area contributed by atoms with Crippen molar-refractivity contribution in [2.75, 3.05) is 0 Å². The first-order valence-corrected chi connectivity index (χ1v) is 8.15. The zero-order valence-electron chi connectivity index (χ0n) is 14.2. The van der Waals surface area contributed by atoms with E-state index in [0.717, 1.165) is 17.2 Å². The summed E-state index contributed by atoms with van der Waals surface area (Å²) in [4.78, 5) is 16.3. The third-order valence-corrected chi connectivity index (χ3v) is 3.76. The zero-order valence-corrected chi connectivity index (χ0v) is 14.2. The zero-order chi connectivity index (χ0) is 18.5. The molecule has 134 valence electrons. The van der Waals surface area contributed by atoms with Gasteiger partial charge in [0.1, 0.15) is 17.5 Å². The van der Waals surface area contributed by atoms with Gasteiger partial charge in [-0.1, -0.05) is 29.8 Å². The average molecular weight is 356 g/mol. The fourth-order valence-electron chi connectivity index (χ4n) is 2.63. The number of carbonyl (C=O) groups is 1. The van der Waals surface area contributed by atoms with Gasteiger partial charge in [0.05, 0.1) is 6.42 Å². The minimum atomic E-state index is -0.677. The highest BCUT2D eigenvalue weighted by atomic mass is 19.1. The maximum atomic E-state index is 13.1. The van der Waals surface area contributed by atoms with E-state index in [0.29, 0.717) is 23.6 Å². The van der Waals surface area contributed by atoms with Gasteiger partial charge in [-0.05, 0) is 30.2 Å². The van der Waals surface area contributed by atoms with Crippen LogP contribution >= 0.6 is 0 Å². The van der Waals surface area contributed by atoms with Crippen LogP contribution in [0.3, 0.4) is 0 Å². The van der Waals surface area contributed by atoms with Crippen molar-refractivity contribution in [2.24, 2.45) is 0 Å². The van der Waals surface area contributed by atoms with Crippen molar-refractivity contribution in [1.29, 1.82) is 0 Å². The molecule has 0 aliphatic rings. The molecular formula is C19H18F2N4O. The van der Waals surface area contributed by atoms with Gasteiger partial charge in [0.25, 0.3) is 0 Å². The Kier molecular flexibility index (Phi) is 5.36. The van der Waals surface area contributed by atoms with Crippen molar-refractivity contribution in [3.63, 3.8) is 0 Å². The molecule has 0 atom stereocenters. The van der Waals surface area contributed by atoms with E-state index >= 15 is 0 Å². The molecule has 3 rings (SSSR count). The van der Waals surface area contributed by atoms with Gasteiger partial charge < -0.3 is 5.32 Å². The van der Waals surface area contributed by atoms with Crippen LogP contribution < -0.4 is 5.32 Å². The Morgan fingerprint density at radius 3 is 2.62 bits per heavy atom. The number of amides is 1. The lowest BCUT2D eigenvalue weighted by molar-refractivity contribution is -0.120. The van der Waals surface area contributed by atoms with E-state index < -0.39 is 11.6 Å². The molecule has 5 nitrogen and oxygen atoms in total. The van der Waals surface area contributed by atoms with E-state index in [1.165, 1.54) is 12.1 Å². The Bertz CT molecular complexity index is 903. The van der Waals surface area contributed by atoms with E-state index in [2.05, 4.69) is 26.6 Å². The van der Waals surface area contributed by atoms with Crippen molar-refractivity contribution >= 4 is 5.91 Å². The number of hydrogen-bond acceptors (Lipinski definition) is 3. The van der Waals surface area contributed by atoms with Crippen LogP contribution in [-0.4, -0.2) is 21.1 Å². The van der Waals surface area contributed by atoms with Gasteiger partial charge in [0.2, 0.25) is 5.91 Å². The molecule has 0 saturated carbocycles. The molecule has 7 heteroatoms. The van der Waals surface area contributed by atoms with Crippen molar-refractivity contribution in [1.82, 2.24) is 20.5 Å². The number of rotatable bonds is 6. The van der Waals surface area contributed by atoms with Crippen LogP contribution in [0.4, 0.5) is 8.78 Å². The maximum Gasteiger partial charge on any atom is 0.228 e. The van der Waals surface area contributed by atoms with E-state index in [1.54, 1.807) is 0 Å². The smallest absolute Gasteiger partial charge is 0.228 e. The third-order valence-electron chi connectivity index (χ3n) is 3.76. The van der Waals surface area contributed by atoms with Gasteiger partial charge in [0.15, 0.2) is 5.82 Å². The van der Waals surface area contributed by atoms with E-state index in [1.807, 2.05) is 25.1 Å². The predicted octanol–water partition coefficient (Wildman–Crippen LogP) is 2.84. The number of aromatic amines is 1. The summed E-state index contributed by atoms with van der Waals surface area (Å²) < 4.78 is 26.3. The monoisotopic (exact) mass is 356 g/mol. The lowest BCUT2D eigenvalue weighted by Crippen LogP contribution is -2.25. The number of H-pyrrole nitrogens is 1. The number of carbonyl (C=O) groups excluding carboxylic acids is 1. The van der Waals surface area contributed by atoms with Crippen LogP contribution in [0.5, 0.6) is 0 Å². The van der Waals surface area contributed by atoms with Crippen LogP contribution in [0.25, 0.3) is 0 Å². The largest absolute Gasteiger partial charge is 0.352 e. The molecule has 26 heavy (non-hydrogen) atoms. The minimum absolute atomic E-state index is 0.0118. The van der Waals surface area contributed by atoms with Crippen LogP contribution in [0.1, 0.15) is 28.3 Å². The summed E-state index contributed by atoms with van der Waals surface area (Å²) in [5, 5.41) is 9.47. The van der Waals surface area contributed by atoms with Gasteiger partial charge in [-0.25, -0.2) is 13.8 Å². The van der Waals surface area contributed by atoms with Crippen molar-refractivity contribution in [3.05, 3.63) is 82.4 Å². The highest BCUT2D eigenvalue weighted by Crippen LogP contribution is 2.09. The van der Waals surface area contributed by atoms with Crippen molar-refractivity contribution < 1.29 is 13.6 Å². The number of halogens is 2. The minimum Gasteiger partial charge on any atom is -0.352 e. The summed E-state index contributed by atoms with van der Waals surface area (Å²) in [6.45, 7) is 2.05. The molecule has 2 N–H and O–H groups in total. The Morgan fingerprint density at radius 2 is 1.88 bits per heavy atom. The highest BCUT2D eigenvalue weighted by molar-refractivity contribution is 5.77. The Balaban J connectivity index is 1.54. The molecule has 1 amide bonds. The number of aryl methyl sites for hydroxylation is 1. The van der Waals surface area contributed by atoms with Gasteiger partial charge in [-0.15, -0.1) is 0 Å². The third kappa shape index (κ3) is 4.95. The first-order valence-electron chi connectivity index (χ1n) is 8.15. The number of aromatic nitrogens is 3. The number of nitrogens with zero attached hydrogens (tertiary/aromatic N) is 2. The lowest BCUT2D eigenvalue weighted by atomic mass is 10.1. The van der Waals surface area contributed by atoms with Gasteiger partial charge >= 0.3 is 0 Å². The van der Waals surface area contributed by atoms with Crippen LogP contribution in [-0.2, 0) is 24.2 Å². The maximum absolute atomic E-state index is 13.1. The molecule has 0 saturated heterocycles. The molecule has 0 fully saturated rings. The Hall–Kier alpha value is -3.09. The quantitative estimate of drug-likeness (QED) is 0.713. The van der Waals surface area contributed by atoms with Crippen LogP contribution in [0, 0.1) is 18.6 Å². The van der Waals surface area contributed by atoms with Crippen molar-refractivity contribution in [2.45, 2.75) is 26.3 Å². The molecule has 3 aromatic rings. The molecule has 0 spiro atoms. The normalized spacial score (nSPS) is 10.7. The second-order valence-electron chi connectivity index (χ2n) is 6.10. The fourth-order valence-corrected chi connectivity index (χ4v) is 2.63. The van der Waals surface area contributed by atoms with Gasteiger partial charge in [0, 0.05) is 19.0 Å². The predicted molar refractivity (Wildman–Crippen MR) is 92.3 cm³/mol. The molecular weight excluding hydrogens is 338 g/mol. The number of benzene rings is 2. The van der Waals surface area contributed by atoms with Gasteiger partial charge in [-0.2, -0.15) is 5.10 Å². The molecule has 0 unspecified atom stereocenters. The molecule has 0 aliphatic carbocycles. The summed E-state index contributed by atoms with van der Waals surface area (Å²) in [7, 11) is 0. The highest BCUT2D eigenvalue weighted by Gasteiger charge is 2.10. The molecule has 2 aromatic carbocycles. The topological polar surface area (TPSA) is 70.7 Å². The number of nitrogens with one attached hydrogen (secondary N) is 2. The van der Waals surface area contributed by atoms with E-state index in [9.17, 15) is 13.6 Å². The summed E-state index contributed by atoms with van der Waals surface area (Å²) in [6.07, 6.45) is 0.584. The Morgan fingerprint density at radius 1 is 1.12 bits per heavy atom. The van der Waals surface area contributed by atoms with E-state index in [-0.39, 0.29) is 18.9 Å². The molecule has 0 aliphatic heterocycles. The molecule has 0 bridgehead atoms. The second-order valence-corrected chi connectivity index (χ2v) is 6.10. The Labute approximate surface area is 149 Å². The van der Waals surface area contributed by atoms with Gasteiger partial charge in [-0.3, -0.25) is 9.89 Å². The summed E-state index contributed by atoms with van der Waals surface area (Å²) in [6, 6.07) is 11.2. The van der Waals surface area contributed by atoms with Crippen LogP contribution in [0.2, 0.25) is 0 Å². The average Bonchev–Trinajstić information content (AvgIpc) is 2.99. The molecule has 1 aromatic heterocycles. The second kappa shape index (κ2) is 7.86. The molecule has 1 heterocycles. The van der Waals surface area contributed by atoms with E-state index in [4.69, 9.17) is 0 Å². The summed E-state index contributed by atoms with van der Waals surface area (Å²) >= 11 is 0. The van der Waals surface area contributed by atoms with Crippen molar-refractivity contribution in [3.8, 4) is 0 Å². The summed E-state index contributed by atoms with van der Waals surface area (Å²) in [5.41, 5.74) is 2.62.